The maximum atomic E-state index is 12.7. The van der Waals surface area contributed by atoms with Gasteiger partial charge in [0.15, 0.2) is 5.78 Å². The zero-order valence-electron chi connectivity index (χ0n) is 12.6. The number of methoxy groups -OCH3 is 1. The highest BCUT2D eigenvalue weighted by atomic mass is 16.5. The van der Waals surface area contributed by atoms with E-state index in [1.165, 1.54) is 7.11 Å². The molecular formula is C16H26O3. The summed E-state index contributed by atoms with van der Waals surface area (Å²) < 4.78 is 4.94. The fourth-order valence-electron chi connectivity index (χ4n) is 3.64. The second-order valence-corrected chi connectivity index (χ2v) is 7.39. The molecule has 0 amide bonds. The van der Waals surface area contributed by atoms with Crippen LogP contribution in [0.3, 0.4) is 0 Å². The molecule has 2 fully saturated rings. The first-order valence-electron chi connectivity index (χ1n) is 7.44. The van der Waals surface area contributed by atoms with Crippen LogP contribution in [0.2, 0.25) is 0 Å². The Morgan fingerprint density at radius 2 is 1.63 bits per heavy atom. The summed E-state index contributed by atoms with van der Waals surface area (Å²) in [4.78, 5) is 24.9. The van der Waals surface area contributed by atoms with Gasteiger partial charge in [-0.25, -0.2) is 0 Å². The van der Waals surface area contributed by atoms with Crippen LogP contribution in [0, 0.1) is 22.7 Å². The summed E-state index contributed by atoms with van der Waals surface area (Å²) in [6.07, 6.45) is 5.51. The molecule has 2 saturated carbocycles. The number of esters is 1. The van der Waals surface area contributed by atoms with Gasteiger partial charge < -0.3 is 4.74 Å². The largest absolute Gasteiger partial charge is 0.468 e. The van der Waals surface area contributed by atoms with Gasteiger partial charge in [0.2, 0.25) is 0 Å². The Labute approximate surface area is 116 Å². The van der Waals surface area contributed by atoms with E-state index in [0.717, 1.165) is 25.7 Å². The van der Waals surface area contributed by atoms with Crippen LogP contribution in [-0.4, -0.2) is 18.9 Å². The number of hydrogen-bond donors (Lipinski definition) is 0. The molecular weight excluding hydrogens is 240 g/mol. The van der Waals surface area contributed by atoms with Gasteiger partial charge in [-0.3, -0.25) is 9.59 Å². The predicted molar refractivity (Wildman–Crippen MR) is 73.6 cm³/mol. The van der Waals surface area contributed by atoms with Crippen LogP contribution in [0.15, 0.2) is 0 Å². The Morgan fingerprint density at radius 3 is 2.05 bits per heavy atom. The number of carbonyl (C=O) groups is 2. The summed E-state index contributed by atoms with van der Waals surface area (Å²) in [7, 11) is 1.40. The van der Waals surface area contributed by atoms with E-state index in [4.69, 9.17) is 4.74 Å². The first-order valence-corrected chi connectivity index (χ1v) is 7.44. The fourth-order valence-corrected chi connectivity index (χ4v) is 3.64. The van der Waals surface area contributed by atoms with Crippen molar-refractivity contribution in [2.45, 2.75) is 59.3 Å². The van der Waals surface area contributed by atoms with Crippen molar-refractivity contribution in [1.29, 1.82) is 0 Å². The van der Waals surface area contributed by atoms with Gasteiger partial charge in [-0.1, -0.05) is 33.6 Å². The monoisotopic (exact) mass is 266 g/mol. The van der Waals surface area contributed by atoms with Crippen molar-refractivity contribution >= 4 is 11.8 Å². The van der Waals surface area contributed by atoms with Gasteiger partial charge in [-0.2, -0.15) is 0 Å². The molecule has 0 unspecified atom stereocenters. The maximum absolute atomic E-state index is 12.7. The van der Waals surface area contributed by atoms with Crippen molar-refractivity contribution in [2.24, 2.45) is 22.7 Å². The van der Waals surface area contributed by atoms with Crippen molar-refractivity contribution in [3.05, 3.63) is 0 Å². The minimum atomic E-state index is -0.818. The van der Waals surface area contributed by atoms with Crippen molar-refractivity contribution in [3.63, 3.8) is 0 Å². The van der Waals surface area contributed by atoms with Gasteiger partial charge in [0.1, 0.15) is 5.41 Å². The smallest absolute Gasteiger partial charge is 0.319 e. The highest BCUT2D eigenvalue weighted by Crippen LogP contribution is 2.56. The standard InChI is InChI=1S/C16H26O3/c1-15(2,3)12-9-16(10-12,14(18)19-4)13(17)11-7-5-6-8-11/h11-12H,5-10H2,1-4H3. The van der Waals surface area contributed by atoms with E-state index in [2.05, 4.69) is 20.8 Å². The third-order valence-electron chi connectivity index (χ3n) is 5.19. The molecule has 3 nitrogen and oxygen atoms in total. The lowest BCUT2D eigenvalue weighted by atomic mass is 9.52. The normalized spacial score (nSPS) is 31.9. The molecule has 0 aromatic rings. The molecule has 0 bridgehead atoms. The average Bonchev–Trinajstić information content (AvgIpc) is 2.78. The molecule has 0 aromatic heterocycles. The molecule has 2 aliphatic carbocycles. The average molecular weight is 266 g/mol. The molecule has 3 heteroatoms. The van der Waals surface area contributed by atoms with Gasteiger partial charge in [0.25, 0.3) is 0 Å². The lowest BCUT2D eigenvalue weighted by Gasteiger charge is -2.50. The van der Waals surface area contributed by atoms with Crippen LogP contribution < -0.4 is 0 Å². The molecule has 2 rings (SSSR count). The van der Waals surface area contributed by atoms with E-state index < -0.39 is 5.41 Å². The van der Waals surface area contributed by atoms with E-state index in [0.29, 0.717) is 18.8 Å². The van der Waals surface area contributed by atoms with Crippen molar-refractivity contribution in [1.82, 2.24) is 0 Å². The first-order chi connectivity index (χ1) is 8.81. The quantitative estimate of drug-likeness (QED) is 0.581. The SMILES string of the molecule is COC(=O)C1(C(=O)C2CCCC2)CC(C(C)(C)C)C1. The highest BCUT2D eigenvalue weighted by Gasteiger charge is 2.60. The van der Waals surface area contributed by atoms with E-state index >= 15 is 0 Å². The minimum absolute atomic E-state index is 0.0972. The van der Waals surface area contributed by atoms with Crippen LogP contribution >= 0.6 is 0 Å². The number of ether oxygens (including phenoxy) is 1. The molecule has 0 aliphatic heterocycles. The summed E-state index contributed by atoms with van der Waals surface area (Å²) in [5.41, 5.74) is -0.658. The van der Waals surface area contributed by atoms with Gasteiger partial charge in [-0.15, -0.1) is 0 Å². The molecule has 2 aliphatic rings. The van der Waals surface area contributed by atoms with Crippen molar-refractivity contribution in [3.8, 4) is 0 Å². The van der Waals surface area contributed by atoms with E-state index in [-0.39, 0.29) is 23.1 Å². The second kappa shape index (κ2) is 4.92. The lowest BCUT2D eigenvalue weighted by molar-refractivity contribution is -0.173. The number of hydrogen-bond acceptors (Lipinski definition) is 3. The Bertz CT molecular complexity index is 366. The molecule has 0 radical (unpaired) electrons. The van der Waals surface area contributed by atoms with Crippen LogP contribution in [-0.2, 0) is 14.3 Å². The van der Waals surface area contributed by atoms with E-state index in [1.54, 1.807) is 0 Å². The minimum Gasteiger partial charge on any atom is -0.468 e. The van der Waals surface area contributed by atoms with Crippen LogP contribution in [0.5, 0.6) is 0 Å². The summed E-state index contributed by atoms with van der Waals surface area (Å²) in [5.74, 6) is 0.402. The first kappa shape index (κ1) is 14.5. The van der Waals surface area contributed by atoms with E-state index in [9.17, 15) is 9.59 Å². The Balaban J connectivity index is 2.14. The molecule has 0 heterocycles. The summed E-state index contributed by atoms with van der Waals surface area (Å²) in [6, 6.07) is 0. The summed E-state index contributed by atoms with van der Waals surface area (Å²) in [6.45, 7) is 6.54. The Hall–Kier alpha value is -0.860. The van der Waals surface area contributed by atoms with E-state index in [1.807, 2.05) is 0 Å². The Kier molecular flexibility index (Phi) is 3.76. The van der Waals surface area contributed by atoms with Gasteiger partial charge in [-0.05, 0) is 37.0 Å². The molecule has 0 atom stereocenters. The third kappa shape index (κ3) is 2.44. The zero-order chi connectivity index (χ0) is 14.3. The van der Waals surface area contributed by atoms with Crippen molar-refractivity contribution in [2.75, 3.05) is 7.11 Å². The fraction of sp³-hybridized carbons (Fsp3) is 0.875. The number of rotatable bonds is 3. The zero-order valence-corrected chi connectivity index (χ0v) is 12.6. The molecule has 108 valence electrons. The predicted octanol–water partition coefficient (Wildman–Crippen LogP) is 3.36. The molecule has 0 N–H and O–H groups in total. The molecule has 19 heavy (non-hydrogen) atoms. The molecule has 0 aromatic carbocycles. The van der Waals surface area contributed by atoms with Gasteiger partial charge in [0, 0.05) is 5.92 Å². The van der Waals surface area contributed by atoms with Gasteiger partial charge >= 0.3 is 5.97 Å². The second-order valence-electron chi connectivity index (χ2n) is 7.39. The molecule has 0 saturated heterocycles. The van der Waals surface area contributed by atoms with Crippen LogP contribution in [0.25, 0.3) is 0 Å². The topological polar surface area (TPSA) is 43.4 Å². The highest BCUT2D eigenvalue weighted by molar-refractivity contribution is 6.06. The number of Topliss-reactive ketones (excluding diaryl/α,β-unsaturated/α-hetero) is 1. The van der Waals surface area contributed by atoms with Crippen molar-refractivity contribution < 1.29 is 14.3 Å². The maximum Gasteiger partial charge on any atom is 0.319 e. The summed E-state index contributed by atoms with van der Waals surface area (Å²) in [5, 5.41) is 0. The van der Waals surface area contributed by atoms with Crippen LogP contribution in [0.1, 0.15) is 59.3 Å². The number of ketones is 1. The van der Waals surface area contributed by atoms with Crippen LogP contribution in [0.4, 0.5) is 0 Å². The third-order valence-corrected chi connectivity index (χ3v) is 5.19. The summed E-state index contributed by atoms with van der Waals surface area (Å²) >= 11 is 0. The lowest BCUT2D eigenvalue weighted by Crippen LogP contribution is -2.55. The molecule has 0 spiro atoms. The number of carbonyl (C=O) groups excluding carboxylic acids is 2. The Morgan fingerprint density at radius 1 is 1.11 bits per heavy atom. The van der Waals surface area contributed by atoms with Gasteiger partial charge in [0.05, 0.1) is 7.11 Å².